The van der Waals surface area contributed by atoms with E-state index in [0.29, 0.717) is 19.3 Å². The number of rotatable bonds is 40. The van der Waals surface area contributed by atoms with Crippen LogP contribution in [0.1, 0.15) is 174 Å². The summed E-state index contributed by atoms with van der Waals surface area (Å²) < 4.78 is 32.6. The number of hydrogen-bond acceptors (Lipinski definition) is 10. The lowest BCUT2D eigenvalue weighted by molar-refractivity contribution is -0.161. The van der Waals surface area contributed by atoms with Gasteiger partial charge in [-0.3, -0.25) is 18.6 Å². The number of carbonyl (C=O) groups is 2. The maximum atomic E-state index is 12.6. The van der Waals surface area contributed by atoms with Crippen LogP contribution in [0, 0.1) is 0 Å². The Morgan fingerprint density at radius 1 is 0.571 bits per heavy atom. The van der Waals surface area contributed by atoms with Crippen molar-refractivity contribution in [3.05, 3.63) is 48.6 Å². The highest BCUT2D eigenvalue weighted by Gasteiger charge is 2.27. The highest BCUT2D eigenvalue weighted by Crippen LogP contribution is 2.43. The molecule has 0 saturated carbocycles. The van der Waals surface area contributed by atoms with Crippen molar-refractivity contribution in [2.24, 2.45) is 0 Å². The number of phosphoric ester groups is 1. The molecule has 0 rings (SSSR count). The monoisotopic (exact) mass is 815 g/mol. The quantitative estimate of drug-likeness (QED) is 0.0201. The van der Waals surface area contributed by atoms with Crippen LogP contribution in [0.3, 0.4) is 0 Å². The Morgan fingerprint density at radius 2 is 1.04 bits per heavy atom. The first kappa shape index (κ1) is 53.9. The third-order valence-corrected chi connectivity index (χ3v) is 10.1. The molecule has 326 valence electrons. The third-order valence-electron chi connectivity index (χ3n) is 9.15. The lowest BCUT2D eigenvalue weighted by Gasteiger charge is -2.20. The molecular weight excluding hydrogens is 735 g/mol. The minimum atomic E-state index is -4.64. The molecule has 0 aliphatic rings. The summed E-state index contributed by atoms with van der Waals surface area (Å²) >= 11 is 0. The van der Waals surface area contributed by atoms with Gasteiger partial charge in [0.15, 0.2) is 6.10 Å². The molecule has 0 spiro atoms. The van der Waals surface area contributed by atoms with Gasteiger partial charge in [0.2, 0.25) is 0 Å². The summed E-state index contributed by atoms with van der Waals surface area (Å²) in [5, 5.41) is 27.9. The van der Waals surface area contributed by atoms with Gasteiger partial charge in [0.1, 0.15) is 12.7 Å². The van der Waals surface area contributed by atoms with Crippen molar-refractivity contribution in [1.82, 2.24) is 0 Å². The van der Waals surface area contributed by atoms with E-state index in [-0.39, 0.29) is 25.6 Å². The topological polar surface area (TPSA) is 169 Å². The first-order valence-electron chi connectivity index (χ1n) is 21.7. The Balaban J connectivity index is 4.40. The van der Waals surface area contributed by atoms with Crippen molar-refractivity contribution in [2.45, 2.75) is 193 Å². The van der Waals surface area contributed by atoms with Crippen molar-refractivity contribution in [2.75, 3.05) is 26.4 Å². The number of hydrogen-bond donors (Lipinski definition) is 4. The summed E-state index contributed by atoms with van der Waals surface area (Å²) in [6, 6.07) is 0. The molecule has 0 saturated heterocycles. The predicted molar refractivity (Wildman–Crippen MR) is 225 cm³/mol. The number of allylic oxidation sites excluding steroid dienone is 8. The SMILES string of the molecule is CCCCCCCCCCCCCCCCCC(=O)OC[C@H](COP(=O)(O)OC[C@@H](O)CO)OC(=O)CCC/C=C\C/C=C\C/C=C\C/C=C\CC[C@H](O)CC. The van der Waals surface area contributed by atoms with Gasteiger partial charge in [-0.2, -0.15) is 0 Å². The Labute approximate surface area is 339 Å². The molecule has 0 aromatic carbocycles. The van der Waals surface area contributed by atoms with E-state index >= 15 is 0 Å². The highest BCUT2D eigenvalue weighted by atomic mass is 31.2. The summed E-state index contributed by atoms with van der Waals surface area (Å²) in [6.07, 6.45) is 38.8. The van der Waals surface area contributed by atoms with Crippen molar-refractivity contribution < 1.29 is 52.9 Å². The normalized spacial score (nSPS) is 14.9. The molecule has 4 atom stereocenters. The molecule has 11 nitrogen and oxygen atoms in total. The Bertz CT molecular complexity index is 1090. The number of carbonyl (C=O) groups excluding carboxylic acids is 2. The van der Waals surface area contributed by atoms with Crippen LogP contribution in [-0.4, -0.2) is 76.9 Å². The number of unbranched alkanes of at least 4 members (excludes halogenated alkanes) is 15. The largest absolute Gasteiger partial charge is 0.472 e. The second kappa shape index (κ2) is 39.7. The van der Waals surface area contributed by atoms with E-state index in [1.807, 2.05) is 19.1 Å². The zero-order chi connectivity index (χ0) is 41.4. The molecule has 0 radical (unpaired) electrons. The van der Waals surface area contributed by atoms with E-state index in [4.69, 9.17) is 19.1 Å². The molecule has 0 aromatic rings. The van der Waals surface area contributed by atoms with Gasteiger partial charge in [-0.15, -0.1) is 0 Å². The lowest BCUT2D eigenvalue weighted by atomic mass is 10.0. The highest BCUT2D eigenvalue weighted by molar-refractivity contribution is 7.47. The van der Waals surface area contributed by atoms with Crippen molar-refractivity contribution in [3.8, 4) is 0 Å². The summed E-state index contributed by atoms with van der Waals surface area (Å²) in [7, 11) is -4.64. The first-order valence-corrected chi connectivity index (χ1v) is 23.2. The Morgan fingerprint density at radius 3 is 1.55 bits per heavy atom. The molecule has 0 bridgehead atoms. The average molecular weight is 815 g/mol. The van der Waals surface area contributed by atoms with Crippen molar-refractivity contribution in [3.63, 3.8) is 0 Å². The Kier molecular flexibility index (Phi) is 38.2. The number of aliphatic hydroxyl groups is 3. The van der Waals surface area contributed by atoms with Crippen molar-refractivity contribution in [1.29, 1.82) is 0 Å². The minimum Gasteiger partial charge on any atom is -0.462 e. The van der Waals surface area contributed by atoms with Gasteiger partial charge < -0.3 is 29.7 Å². The second-order valence-corrected chi connectivity index (χ2v) is 16.0. The molecule has 1 unspecified atom stereocenters. The van der Waals surface area contributed by atoms with Gasteiger partial charge in [-0.25, -0.2) is 4.57 Å². The summed E-state index contributed by atoms with van der Waals surface area (Å²) in [4.78, 5) is 34.9. The van der Waals surface area contributed by atoms with E-state index < -0.39 is 51.8 Å². The number of ether oxygens (including phenoxy) is 2. The molecule has 0 aliphatic carbocycles. The number of phosphoric acid groups is 1. The molecular formula is C44H79O11P. The lowest BCUT2D eigenvalue weighted by Crippen LogP contribution is -2.29. The second-order valence-electron chi connectivity index (χ2n) is 14.5. The minimum absolute atomic E-state index is 0.0954. The van der Waals surface area contributed by atoms with Crippen LogP contribution in [-0.2, 0) is 32.7 Å². The van der Waals surface area contributed by atoms with E-state index in [1.165, 1.54) is 70.6 Å². The van der Waals surface area contributed by atoms with E-state index in [0.717, 1.165) is 57.8 Å². The van der Waals surface area contributed by atoms with Crippen LogP contribution in [0.15, 0.2) is 48.6 Å². The smallest absolute Gasteiger partial charge is 0.462 e. The summed E-state index contributed by atoms with van der Waals surface area (Å²) in [5.74, 6) is -1.01. The number of esters is 2. The standard InChI is InChI=1S/C44H79O11P/c1-3-5-6-7-8-9-10-11-12-16-19-22-25-28-31-34-43(48)52-38-42(39-54-56(50,51)53-37-41(47)36-45)55-44(49)35-32-29-26-23-20-17-14-13-15-18-21-24-27-30-33-40(46)4-2/h14-15,17-18,23-24,26-27,40-42,45-47H,3-13,16,19-22,25,28-39H2,1-2H3,(H,50,51)/b17-14-,18-15-,26-23-,27-24-/t40-,41+,42-/m1/s1. The van der Waals surface area contributed by atoms with Gasteiger partial charge in [-0.1, -0.05) is 152 Å². The molecule has 0 fully saturated rings. The van der Waals surface area contributed by atoms with Gasteiger partial charge >= 0.3 is 19.8 Å². The zero-order valence-electron chi connectivity index (χ0n) is 35.0. The fourth-order valence-corrected chi connectivity index (χ4v) is 6.40. The van der Waals surface area contributed by atoms with Gasteiger partial charge in [0.05, 0.1) is 25.9 Å². The van der Waals surface area contributed by atoms with E-state index in [9.17, 15) is 29.3 Å². The van der Waals surface area contributed by atoms with Crippen LogP contribution in [0.2, 0.25) is 0 Å². The molecule has 0 amide bonds. The maximum Gasteiger partial charge on any atom is 0.472 e. The van der Waals surface area contributed by atoms with Crippen LogP contribution in [0.25, 0.3) is 0 Å². The third kappa shape index (κ3) is 38.7. The maximum absolute atomic E-state index is 12.6. The molecule has 4 N–H and O–H groups in total. The fraction of sp³-hybridized carbons (Fsp3) is 0.773. The van der Waals surface area contributed by atoms with Gasteiger partial charge in [-0.05, 0) is 57.8 Å². The first-order chi connectivity index (χ1) is 27.1. The molecule has 56 heavy (non-hydrogen) atoms. The van der Waals surface area contributed by atoms with Crippen LogP contribution in [0.5, 0.6) is 0 Å². The van der Waals surface area contributed by atoms with Gasteiger partial charge in [0.25, 0.3) is 0 Å². The van der Waals surface area contributed by atoms with E-state index in [1.54, 1.807) is 0 Å². The van der Waals surface area contributed by atoms with Gasteiger partial charge in [0, 0.05) is 12.8 Å². The summed E-state index contributed by atoms with van der Waals surface area (Å²) in [6.45, 7) is 2.03. The van der Waals surface area contributed by atoms with Crippen LogP contribution in [0.4, 0.5) is 0 Å². The number of aliphatic hydroxyl groups excluding tert-OH is 3. The molecule has 0 aliphatic heterocycles. The Hall–Kier alpha value is -2.11. The average Bonchev–Trinajstić information content (AvgIpc) is 3.19. The van der Waals surface area contributed by atoms with E-state index in [2.05, 4.69) is 47.9 Å². The molecule has 12 heteroatoms. The van der Waals surface area contributed by atoms with Crippen LogP contribution >= 0.6 is 7.82 Å². The predicted octanol–water partition coefficient (Wildman–Crippen LogP) is 10.3. The van der Waals surface area contributed by atoms with Crippen molar-refractivity contribution >= 4 is 19.8 Å². The zero-order valence-corrected chi connectivity index (χ0v) is 35.8. The summed E-state index contributed by atoms with van der Waals surface area (Å²) in [5.41, 5.74) is 0. The molecule has 0 aromatic heterocycles. The van der Waals surface area contributed by atoms with Crippen LogP contribution < -0.4 is 0 Å². The molecule has 0 heterocycles. The fourth-order valence-electron chi connectivity index (χ4n) is 5.61.